The van der Waals surface area contributed by atoms with E-state index in [1.165, 1.54) is 6.42 Å². The summed E-state index contributed by atoms with van der Waals surface area (Å²) in [6, 6.07) is 10.3. The molecule has 122 valence electrons. The molecular weight excluding hydrogens is 352 g/mol. The van der Waals surface area contributed by atoms with Crippen LogP contribution in [0.1, 0.15) is 31.4 Å². The topological polar surface area (TPSA) is 36.4 Å². The van der Waals surface area contributed by atoms with Crippen molar-refractivity contribution in [2.45, 2.75) is 36.7 Å². The minimum atomic E-state index is -0.433. The Morgan fingerprint density at radius 3 is 2.87 bits per heavy atom. The van der Waals surface area contributed by atoms with Gasteiger partial charge < -0.3 is 5.11 Å². The Bertz CT molecular complexity index is 699. The van der Waals surface area contributed by atoms with Crippen molar-refractivity contribution >= 4 is 26.8 Å². The van der Waals surface area contributed by atoms with E-state index in [1.54, 1.807) is 0 Å². The Labute approximate surface area is 145 Å². The molecule has 0 saturated carbocycles. The average molecular weight is 375 g/mol. The minimum Gasteiger partial charge on any atom is -0.387 e. The fourth-order valence-electron chi connectivity index (χ4n) is 4.54. The number of nitrogens with zero attached hydrogens (tertiary/aromatic N) is 2. The second-order valence-electron chi connectivity index (χ2n) is 7.05. The van der Waals surface area contributed by atoms with Crippen molar-refractivity contribution in [3.63, 3.8) is 0 Å². The predicted molar refractivity (Wildman–Crippen MR) is 96.7 cm³/mol. The van der Waals surface area contributed by atoms with E-state index in [1.807, 2.05) is 30.5 Å². The number of fused-ring (bicyclic) bond motifs is 4. The van der Waals surface area contributed by atoms with Gasteiger partial charge in [0.15, 0.2) is 0 Å². The summed E-state index contributed by atoms with van der Waals surface area (Å²) in [4.78, 5) is 7.48. The zero-order valence-electron chi connectivity index (χ0n) is 13.4. The molecule has 3 aliphatic rings. The Hall–Kier alpha value is -0.970. The molecule has 0 radical (unpaired) electrons. The molecule has 1 aromatic carbocycles. The van der Waals surface area contributed by atoms with Crippen molar-refractivity contribution in [2.75, 3.05) is 13.1 Å². The van der Waals surface area contributed by atoms with Crippen LogP contribution in [0.5, 0.6) is 0 Å². The number of alkyl halides is 1. The van der Waals surface area contributed by atoms with Gasteiger partial charge in [-0.1, -0.05) is 41.1 Å². The average Bonchev–Trinajstić information content (AvgIpc) is 2.60. The number of piperidine rings is 3. The van der Waals surface area contributed by atoms with Gasteiger partial charge in [-0.2, -0.15) is 0 Å². The molecule has 3 saturated heterocycles. The monoisotopic (exact) mass is 374 g/mol. The van der Waals surface area contributed by atoms with Crippen molar-refractivity contribution in [1.82, 2.24) is 9.88 Å². The minimum absolute atomic E-state index is 0.238. The maximum absolute atomic E-state index is 11.1. The summed E-state index contributed by atoms with van der Waals surface area (Å²) >= 11 is 3.77. The molecule has 0 aliphatic carbocycles. The first-order chi connectivity index (χ1) is 11.1. The lowest BCUT2D eigenvalue weighted by Gasteiger charge is -2.52. The van der Waals surface area contributed by atoms with Gasteiger partial charge in [-0.15, -0.1) is 0 Å². The van der Waals surface area contributed by atoms with E-state index < -0.39 is 6.10 Å². The number of aliphatic hydroxyl groups is 1. The number of para-hydroxylation sites is 1. The number of aromatic nitrogens is 1. The summed E-state index contributed by atoms with van der Waals surface area (Å²) in [5.41, 5.74) is 1.99. The highest BCUT2D eigenvalue weighted by atomic mass is 79.9. The first kappa shape index (κ1) is 15.6. The molecule has 2 aromatic rings. The van der Waals surface area contributed by atoms with E-state index in [-0.39, 0.29) is 6.04 Å². The van der Waals surface area contributed by atoms with E-state index >= 15 is 0 Å². The SMILES string of the molecule is CC(Br)C1CN2CC[C@H]1C[C@@H]2[C@@H](O)c1ccnc2ccccc12. The van der Waals surface area contributed by atoms with E-state index in [2.05, 4.69) is 38.8 Å². The number of hydrogen-bond donors (Lipinski definition) is 1. The number of aliphatic hydroxyl groups excluding tert-OH is 1. The molecule has 4 heterocycles. The molecule has 0 spiro atoms. The van der Waals surface area contributed by atoms with Crippen LogP contribution in [0.4, 0.5) is 0 Å². The van der Waals surface area contributed by atoms with Gasteiger partial charge in [0, 0.05) is 29.0 Å². The number of benzene rings is 1. The number of hydrogen-bond acceptors (Lipinski definition) is 3. The molecule has 0 amide bonds. The Balaban J connectivity index is 1.64. The second-order valence-corrected chi connectivity index (χ2v) is 8.49. The van der Waals surface area contributed by atoms with Gasteiger partial charge in [0.05, 0.1) is 11.6 Å². The van der Waals surface area contributed by atoms with Gasteiger partial charge >= 0.3 is 0 Å². The first-order valence-corrected chi connectivity index (χ1v) is 9.46. The highest BCUT2D eigenvalue weighted by Crippen LogP contribution is 2.43. The van der Waals surface area contributed by atoms with Crippen LogP contribution in [-0.2, 0) is 0 Å². The second kappa shape index (κ2) is 6.15. The van der Waals surface area contributed by atoms with Crippen LogP contribution in [0.25, 0.3) is 10.9 Å². The molecule has 3 aliphatic heterocycles. The first-order valence-electron chi connectivity index (χ1n) is 8.55. The summed E-state index contributed by atoms with van der Waals surface area (Å²) in [6.07, 6.45) is 3.75. The molecule has 3 unspecified atom stereocenters. The van der Waals surface area contributed by atoms with Crippen LogP contribution in [0.15, 0.2) is 36.5 Å². The molecule has 4 heteroatoms. The molecule has 6 atom stereocenters. The Kier molecular flexibility index (Phi) is 4.16. The molecule has 1 N–H and O–H groups in total. The van der Waals surface area contributed by atoms with Gasteiger partial charge in [-0.25, -0.2) is 0 Å². The number of rotatable bonds is 3. The summed E-state index contributed by atoms with van der Waals surface area (Å²) in [5, 5.41) is 12.2. The molecular formula is C19H23BrN2O. The zero-order valence-corrected chi connectivity index (χ0v) is 15.0. The largest absolute Gasteiger partial charge is 0.387 e. The Morgan fingerprint density at radius 2 is 2.13 bits per heavy atom. The molecule has 1 aromatic heterocycles. The van der Waals surface area contributed by atoms with Crippen molar-refractivity contribution in [3.05, 3.63) is 42.1 Å². The lowest BCUT2D eigenvalue weighted by molar-refractivity contribution is -0.0544. The molecule has 3 nitrogen and oxygen atoms in total. The van der Waals surface area contributed by atoms with Crippen molar-refractivity contribution in [2.24, 2.45) is 11.8 Å². The third kappa shape index (κ3) is 2.71. The predicted octanol–water partition coefficient (Wildman–Crippen LogP) is 3.76. The van der Waals surface area contributed by atoms with Crippen LogP contribution < -0.4 is 0 Å². The van der Waals surface area contributed by atoms with E-state index in [0.29, 0.717) is 10.7 Å². The molecule has 2 bridgehead atoms. The maximum Gasteiger partial charge on any atom is 0.0952 e. The van der Waals surface area contributed by atoms with E-state index in [4.69, 9.17) is 0 Å². The van der Waals surface area contributed by atoms with Crippen LogP contribution in [0.2, 0.25) is 0 Å². The van der Waals surface area contributed by atoms with Gasteiger partial charge in [0.25, 0.3) is 0 Å². The molecule has 5 rings (SSSR count). The fraction of sp³-hybridized carbons (Fsp3) is 0.526. The summed E-state index contributed by atoms with van der Waals surface area (Å²) < 4.78 is 0. The van der Waals surface area contributed by atoms with Crippen molar-refractivity contribution < 1.29 is 5.11 Å². The van der Waals surface area contributed by atoms with Crippen LogP contribution >= 0.6 is 15.9 Å². The zero-order chi connectivity index (χ0) is 16.0. The third-order valence-corrected chi connectivity index (χ3v) is 6.49. The van der Waals surface area contributed by atoms with Gasteiger partial charge in [0.1, 0.15) is 0 Å². The normalized spacial score (nSPS) is 32.8. The van der Waals surface area contributed by atoms with E-state index in [0.717, 1.165) is 41.9 Å². The standard InChI is InChI=1S/C19H23BrN2O/c1-12(20)16-11-22-9-7-13(16)10-18(22)19(23)15-6-8-21-17-5-3-2-4-14(15)17/h2-6,8,12-13,16,18-19,23H,7,9-11H2,1H3/t12?,13-,16?,18+,19-/m0/s1. The fourth-order valence-corrected chi connectivity index (χ4v) is 5.14. The number of halogens is 1. The lowest BCUT2D eigenvalue weighted by atomic mass is 9.72. The summed E-state index contributed by atoms with van der Waals surface area (Å²) in [7, 11) is 0. The van der Waals surface area contributed by atoms with Crippen LogP contribution in [-0.4, -0.2) is 38.9 Å². The summed E-state index contributed by atoms with van der Waals surface area (Å²) in [6.45, 7) is 4.47. The molecule has 3 fully saturated rings. The quantitative estimate of drug-likeness (QED) is 0.830. The van der Waals surface area contributed by atoms with Crippen molar-refractivity contribution in [1.29, 1.82) is 0 Å². The van der Waals surface area contributed by atoms with Crippen LogP contribution in [0, 0.1) is 11.8 Å². The lowest BCUT2D eigenvalue weighted by Crippen LogP contribution is -2.56. The number of pyridine rings is 1. The highest BCUT2D eigenvalue weighted by molar-refractivity contribution is 9.09. The van der Waals surface area contributed by atoms with Gasteiger partial charge in [0.2, 0.25) is 0 Å². The van der Waals surface area contributed by atoms with Gasteiger partial charge in [-0.05, 0) is 48.9 Å². The maximum atomic E-state index is 11.1. The summed E-state index contributed by atoms with van der Waals surface area (Å²) in [5.74, 6) is 1.43. The molecule has 23 heavy (non-hydrogen) atoms. The van der Waals surface area contributed by atoms with E-state index in [9.17, 15) is 5.11 Å². The highest BCUT2D eigenvalue weighted by Gasteiger charge is 2.44. The third-order valence-electron chi connectivity index (χ3n) is 5.81. The van der Waals surface area contributed by atoms with Crippen LogP contribution in [0.3, 0.4) is 0 Å². The smallest absolute Gasteiger partial charge is 0.0952 e. The Morgan fingerprint density at radius 1 is 1.30 bits per heavy atom. The van der Waals surface area contributed by atoms with Crippen molar-refractivity contribution in [3.8, 4) is 0 Å². The van der Waals surface area contributed by atoms with Gasteiger partial charge in [-0.3, -0.25) is 9.88 Å².